The third-order valence-electron chi connectivity index (χ3n) is 5.91. The Kier molecular flexibility index (Phi) is 6.27. The Hall–Kier alpha value is -3.54. The number of rotatable bonds is 7. The van der Waals surface area contributed by atoms with Gasteiger partial charge in [-0.05, 0) is 37.5 Å². The number of Topliss-reactive ketones (excluding diaryl/α,β-unsaturated/α-hetero) is 1. The number of nitrogens with one attached hydrogen (secondary N) is 1. The molecular weight excluding hydrogens is 416 g/mol. The molecule has 0 bridgehead atoms. The predicted molar refractivity (Wildman–Crippen MR) is 129 cm³/mol. The highest BCUT2D eigenvalue weighted by atomic mass is 16.5. The summed E-state index contributed by atoms with van der Waals surface area (Å²) in [7, 11) is 0. The van der Waals surface area contributed by atoms with Crippen LogP contribution >= 0.6 is 0 Å². The molecule has 6 nitrogen and oxygen atoms in total. The number of hydrogen-bond acceptors (Lipinski definition) is 4. The van der Waals surface area contributed by atoms with Crippen LogP contribution in [0.25, 0.3) is 16.7 Å². The molecule has 2 aromatic carbocycles. The molecule has 1 aromatic heterocycles. The Balaban J connectivity index is 1.88. The maximum Gasteiger partial charge on any atom is 0.295 e. The number of nitrogens with zero attached hydrogens (tertiary/aromatic N) is 1. The van der Waals surface area contributed by atoms with Crippen LogP contribution in [0.3, 0.4) is 0 Å². The first kappa shape index (κ1) is 22.6. The second-order valence-electron chi connectivity index (χ2n) is 8.93. The summed E-state index contributed by atoms with van der Waals surface area (Å²) in [6.07, 6.45) is 0.698. The van der Waals surface area contributed by atoms with E-state index in [1.807, 2.05) is 44.2 Å². The Bertz CT molecular complexity index is 1240. The third-order valence-corrected chi connectivity index (χ3v) is 5.91. The molecule has 1 saturated heterocycles. The standard InChI is InChI=1S/C27H30N2O4/c1-5-13-29-24(22-17(4)28-21-12-7-6-11-20(21)22)23(26(31)27(29)32)25(30)18-9-8-10-19(14-18)33-15-16(2)3/h6-12,14,16,24,28,30H,5,13,15H2,1-4H3/b25-23+. The first-order chi connectivity index (χ1) is 15.8. The van der Waals surface area contributed by atoms with E-state index in [0.29, 0.717) is 36.8 Å². The minimum atomic E-state index is -0.665. The average Bonchev–Trinajstić information content (AvgIpc) is 3.25. The topological polar surface area (TPSA) is 82.6 Å². The van der Waals surface area contributed by atoms with Crippen molar-refractivity contribution in [2.24, 2.45) is 5.92 Å². The summed E-state index contributed by atoms with van der Waals surface area (Å²) >= 11 is 0. The largest absolute Gasteiger partial charge is 0.507 e. The molecule has 172 valence electrons. The summed E-state index contributed by atoms with van der Waals surface area (Å²) in [5.41, 5.74) is 3.20. The zero-order chi connectivity index (χ0) is 23.7. The summed E-state index contributed by atoms with van der Waals surface area (Å²) in [6.45, 7) is 8.98. The third kappa shape index (κ3) is 4.13. The van der Waals surface area contributed by atoms with E-state index in [0.717, 1.165) is 22.2 Å². The molecule has 1 aliphatic rings. The number of carbonyl (C=O) groups excluding carboxylic acids is 2. The Morgan fingerprint density at radius 1 is 1.15 bits per heavy atom. The number of likely N-dealkylation sites (tertiary alicyclic amines) is 1. The molecule has 1 atom stereocenters. The van der Waals surface area contributed by atoms with Gasteiger partial charge in [0.05, 0.1) is 18.2 Å². The van der Waals surface area contributed by atoms with Crippen LogP contribution in [0.2, 0.25) is 0 Å². The second-order valence-corrected chi connectivity index (χ2v) is 8.93. The highest BCUT2D eigenvalue weighted by molar-refractivity contribution is 6.46. The van der Waals surface area contributed by atoms with Gasteiger partial charge in [-0.3, -0.25) is 9.59 Å². The highest BCUT2D eigenvalue weighted by Gasteiger charge is 2.47. The molecule has 1 unspecified atom stereocenters. The number of hydrogen-bond donors (Lipinski definition) is 2. The average molecular weight is 447 g/mol. The van der Waals surface area contributed by atoms with E-state index in [1.165, 1.54) is 0 Å². The second kappa shape index (κ2) is 9.14. The molecule has 2 heterocycles. The van der Waals surface area contributed by atoms with Gasteiger partial charge in [0.25, 0.3) is 11.7 Å². The van der Waals surface area contributed by atoms with Crippen LogP contribution < -0.4 is 4.74 Å². The van der Waals surface area contributed by atoms with E-state index in [4.69, 9.17) is 4.74 Å². The fourth-order valence-electron chi connectivity index (χ4n) is 4.45. The molecule has 1 amide bonds. The molecule has 0 saturated carbocycles. The molecule has 3 aromatic rings. The number of aromatic nitrogens is 1. The minimum Gasteiger partial charge on any atom is -0.507 e. The number of amides is 1. The van der Waals surface area contributed by atoms with Gasteiger partial charge in [0.1, 0.15) is 11.5 Å². The van der Waals surface area contributed by atoms with Crippen molar-refractivity contribution in [3.8, 4) is 5.75 Å². The lowest BCUT2D eigenvalue weighted by molar-refractivity contribution is -0.139. The number of aliphatic hydroxyl groups is 1. The van der Waals surface area contributed by atoms with Crippen LogP contribution in [0.5, 0.6) is 5.75 Å². The van der Waals surface area contributed by atoms with Crippen LogP contribution in [-0.4, -0.2) is 39.8 Å². The minimum absolute atomic E-state index is 0.113. The number of benzene rings is 2. The Morgan fingerprint density at radius 3 is 2.64 bits per heavy atom. The van der Waals surface area contributed by atoms with Gasteiger partial charge in [-0.25, -0.2) is 0 Å². The van der Waals surface area contributed by atoms with Crippen molar-refractivity contribution in [2.75, 3.05) is 13.2 Å². The maximum atomic E-state index is 13.2. The summed E-state index contributed by atoms with van der Waals surface area (Å²) in [5.74, 6) is -0.470. The van der Waals surface area contributed by atoms with Gasteiger partial charge in [0, 0.05) is 34.3 Å². The zero-order valence-electron chi connectivity index (χ0n) is 19.5. The van der Waals surface area contributed by atoms with Gasteiger partial charge >= 0.3 is 0 Å². The number of aryl methyl sites for hydroxylation is 1. The first-order valence-electron chi connectivity index (χ1n) is 11.4. The van der Waals surface area contributed by atoms with Gasteiger partial charge in [-0.15, -0.1) is 0 Å². The number of carbonyl (C=O) groups is 2. The molecule has 1 aliphatic heterocycles. The normalized spacial score (nSPS) is 18.0. The van der Waals surface area contributed by atoms with E-state index in [1.54, 1.807) is 23.1 Å². The highest BCUT2D eigenvalue weighted by Crippen LogP contribution is 2.43. The number of ketones is 1. The van der Waals surface area contributed by atoms with Crippen molar-refractivity contribution in [1.82, 2.24) is 9.88 Å². The number of H-pyrrole nitrogens is 1. The lowest BCUT2D eigenvalue weighted by Crippen LogP contribution is -2.30. The lowest BCUT2D eigenvalue weighted by atomic mass is 9.93. The van der Waals surface area contributed by atoms with Crippen LogP contribution in [0.4, 0.5) is 0 Å². The van der Waals surface area contributed by atoms with Crippen molar-refractivity contribution >= 4 is 28.4 Å². The molecule has 33 heavy (non-hydrogen) atoms. The summed E-state index contributed by atoms with van der Waals surface area (Å²) < 4.78 is 5.80. The quantitative estimate of drug-likeness (QED) is 0.291. The molecule has 0 radical (unpaired) electrons. The Labute approximate surface area is 193 Å². The maximum absolute atomic E-state index is 13.2. The van der Waals surface area contributed by atoms with Gasteiger partial charge in [0.2, 0.25) is 0 Å². The monoisotopic (exact) mass is 446 g/mol. The predicted octanol–water partition coefficient (Wildman–Crippen LogP) is 5.34. The van der Waals surface area contributed by atoms with E-state index in [9.17, 15) is 14.7 Å². The van der Waals surface area contributed by atoms with Gasteiger partial charge in [0.15, 0.2) is 0 Å². The fourth-order valence-corrected chi connectivity index (χ4v) is 4.45. The summed E-state index contributed by atoms with van der Waals surface area (Å²) in [6, 6.07) is 14.2. The number of aliphatic hydroxyl groups excluding tert-OH is 1. The summed E-state index contributed by atoms with van der Waals surface area (Å²) in [4.78, 5) is 31.2. The first-order valence-corrected chi connectivity index (χ1v) is 11.4. The van der Waals surface area contributed by atoms with Crippen LogP contribution in [0, 0.1) is 12.8 Å². The van der Waals surface area contributed by atoms with Crippen molar-refractivity contribution in [3.63, 3.8) is 0 Å². The van der Waals surface area contributed by atoms with Crippen molar-refractivity contribution in [1.29, 1.82) is 0 Å². The van der Waals surface area contributed by atoms with Crippen LogP contribution in [0.1, 0.15) is 50.1 Å². The number of aromatic amines is 1. The number of para-hydroxylation sites is 1. The summed E-state index contributed by atoms with van der Waals surface area (Å²) in [5, 5.41) is 12.3. The molecule has 4 rings (SSSR count). The van der Waals surface area contributed by atoms with E-state index < -0.39 is 17.7 Å². The molecule has 0 aliphatic carbocycles. The van der Waals surface area contributed by atoms with Crippen LogP contribution in [0.15, 0.2) is 54.1 Å². The van der Waals surface area contributed by atoms with E-state index in [2.05, 4.69) is 18.8 Å². The van der Waals surface area contributed by atoms with Crippen LogP contribution in [-0.2, 0) is 9.59 Å². The van der Waals surface area contributed by atoms with Gasteiger partial charge < -0.3 is 19.7 Å². The van der Waals surface area contributed by atoms with E-state index >= 15 is 0 Å². The molecule has 2 N–H and O–H groups in total. The Morgan fingerprint density at radius 2 is 1.91 bits per heavy atom. The number of ether oxygens (including phenoxy) is 1. The lowest BCUT2D eigenvalue weighted by Gasteiger charge is -2.25. The zero-order valence-corrected chi connectivity index (χ0v) is 19.5. The SMILES string of the molecule is CCCN1C(=O)C(=O)/C(=C(/O)c2cccc(OCC(C)C)c2)C1c1c(C)[nH]c2ccccc12. The smallest absolute Gasteiger partial charge is 0.295 e. The number of fused-ring (bicyclic) bond motifs is 1. The molecule has 1 fully saturated rings. The van der Waals surface area contributed by atoms with Crippen molar-refractivity contribution < 1.29 is 19.4 Å². The van der Waals surface area contributed by atoms with Gasteiger partial charge in [-0.1, -0.05) is 51.1 Å². The van der Waals surface area contributed by atoms with Crippen molar-refractivity contribution in [3.05, 3.63) is 70.9 Å². The molecule has 6 heteroatoms. The van der Waals surface area contributed by atoms with Crippen molar-refractivity contribution in [2.45, 2.75) is 40.2 Å². The molecule has 0 spiro atoms. The molecular formula is C27H30N2O4. The van der Waals surface area contributed by atoms with Gasteiger partial charge in [-0.2, -0.15) is 0 Å². The fraction of sp³-hybridized carbons (Fsp3) is 0.333. The van der Waals surface area contributed by atoms with E-state index in [-0.39, 0.29) is 11.3 Å².